The minimum Gasteiger partial charge on any atom is -0.331 e. The average Bonchev–Trinajstić information content (AvgIpc) is 2.94. The van der Waals surface area contributed by atoms with Crippen molar-refractivity contribution >= 4 is 17.8 Å². The van der Waals surface area contributed by atoms with Gasteiger partial charge in [-0.2, -0.15) is 0 Å². The Kier molecular flexibility index (Phi) is 4.33. The highest BCUT2D eigenvalue weighted by Gasteiger charge is 2.23. The number of nitrogens with zero attached hydrogens (tertiary/aromatic N) is 3. The third-order valence-corrected chi connectivity index (χ3v) is 4.87. The summed E-state index contributed by atoms with van der Waals surface area (Å²) in [5.41, 5.74) is 1.19. The van der Waals surface area contributed by atoms with Gasteiger partial charge in [0.05, 0.1) is 12.1 Å². The van der Waals surface area contributed by atoms with Crippen LogP contribution in [-0.2, 0) is 7.05 Å². The molecule has 0 radical (unpaired) electrons. The van der Waals surface area contributed by atoms with Gasteiger partial charge in [0.2, 0.25) is 0 Å². The van der Waals surface area contributed by atoms with Crippen molar-refractivity contribution in [3.05, 3.63) is 42.0 Å². The molecule has 2 aromatic rings. The van der Waals surface area contributed by atoms with Gasteiger partial charge in [-0.25, -0.2) is 4.79 Å². The molecule has 0 saturated heterocycles. The molecule has 1 aliphatic heterocycles. The lowest BCUT2D eigenvalue weighted by Crippen LogP contribution is -2.40. The van der Waals surface area contributed by atoms with Gasteiger partial charge in [-0.15, -0.1) is 22.0 Å². The summed E-state index contributed by atoms with van der Waals surface area (Å²) in [4.78, 5) is 13.5. The molecule has 0 unspecified atom stereocenters. The van der Waals surface area contributed by atoms with Crippen molar-refractivity contribution in [2.75, 3.05) is 5.75 Å². The molecule has 0 aliphatic carbocycles. The van der Waals surface area contributed by atoms with E-state index in [9.17, 15) is 4.79 Å². The van der Waals surface area contributed by atoms with Crippen LogP contribution >= 0.6 is 11.8 Å². The Bertz CT molecular complexity index is 671. The van der Waals surface area contributed by atoms with Crippen molar-refractivity contribution < 1.29 is 4.79 Å². The summed E-state index contributed by atoms with van der Waals surface area (Å²) >= 11 is 1.84. The van der Waals surface area contributed by atoms with Crippen LogP contribution in [0.4, 0.5) is 4.79 Å². The smallest absolute Gasteiger partial charge is 0.315 e. The molecule has 1 aliphatic rings. The molecular formula is C15H19N5OS. The number of fused-ring (bicyclic) bond motifs is 1. The number of benzene rings is 1. The lowest BCUT2D eigenvalue weighted by molar-refractivity contribution is 0.233. The molecule has 116 valence electrons. The fourth-order valence-corrected chi connectivity index (χ4v) is 3.76. The van der Waals surface area contributed by atoms with E-state index < -0.39 is 0 Å². The monoisotopic (exact) mass is 317 g/mol. The maximum absolute atomic E-state index is 12.3. The second-order valence-electron chi connectivity index (χ2n) is 5.37. The highest BCUT2D eigenvalue weighted by molar-refractivity contribution is 7.99. The molecule has 0 spiro atoms. The Morgan fingerprint density at radius 1 is 1.45 bits per heavy atom. The first kappa shape index (κ1) is 14.9. The van der Waals surface area contributed by atoms with Crippen LogP contribution in [0.3, 0.4) is 0 Å². The zero-order chi connectivity index (χ0) is 15.5. The molecule has 2 amide bonds. The Morgan fingerprint density at radius 3 is 3.05 bits per heavy atom. The molecule has 7 heteroatoms. The topological polar surface area (TPSA) is 71.8 Å². The van der Waals surface area contributed by atoms with E-state index >= 15 is 0 Å². The first-order chi connectivity index (χ1) is 10.6. The van der Waals surface area contributed by atoms with E-state index in [-0.39, 0.29) is 18.1 Å². The van der Waals surface area contributed by atoms with Crippen molar-refractivity contribution in [3.63, 3.8) is 0 Å². The van der Waals surface area contributed by atoms with Crippen LogP contribution in [0.25, 0.3) is 0 Å². The Hall–Kier alpha value is -2.02. The van der Waals surface area contributed by atoms with Crippen molar-refractivity contribution in [1.29, 1.82) is 0 Å². The molecule has 2 atom stereocenters. The number of amides is 2. The minimum atomic E-state index is -0.194. The summed E-state index contributed by atoms with van der Waals surface area (Å²) in [7, 11) is 1.86. The zero-order valence-electron chi connectivity index (χ0n) is 12.6. The molecule has 6 nitrogen and oxygen atoms in total. The predicted octanol–water partition coefficient (Wildman–Crippen LogP) is 2.41. The summed E-state index contributed by atoms with van der Waals surface area (Å²) in [5.74, 6) is 1.75. The second-order valence-corrected chi connectivity index (χ2v) is 6.50. The van der Waals surface area contributed by atoms with Gasteiger partial charge >= 0.3 is 6.03 Å². The van der Waals surface area contributed by atoms with Crippen LogP contribution in [0.1, 0.15) is 36.8 Å². The highest BCUT2D eigenvalue weighted by atomic mass is 32.2. The van der Waals surface area contributed by atoms with Crippen molar-refractivity contribution in [3.8, 4) is 0 Å². The van der Waals surface area contributed by atoms with Crippen LogP contribution in [-0.4, -0.2) is 26.5 Å². The number of carbonyl (C=O) groups is 1. The first-order valence-corrected chi connectivity index (χ1v) is 8.26. The molecule has 3 rings (SSSR count). The maximum atomic E-state index is 12.3. The summed E-state index contributed by atoms with van der Waals surface area (Å²) in [6.45, 7) is 1.90. The zero-order valence-corrected chi connectivity index (χ0v) is 13.4. The molecule has 1 aromatic heterocycles. The van der Waals surface area contributed by atoms with E-state index in [0.717, 1.165) is 18.0 Å². The molecule has 1 aromatic carbocycles. The Morgan fingerprint density at radius 2 is 2.27 bits per heavy atom. The lowest BCUT2D eigenvalue weighted by atomic mass is 10.0. The standard InChI is InChI=1S/C15H19N5OS/c1-10(14-19-16-9-20(14)2)17-15(21)18-12-7-8-22-13-6-4-3-5-11(12)13/h3-6,9-10,12H,7-8H2,1-2H3,(H2,17,18,21)/t10-,12+/m0/s1. The van der Waals surface area contributed by atoms with E-state index in [0.29, 0.717) is 0 Å². The van der Waals surface area contributed by atoms with Gasteiger partial charge in [-0.1, -0.05) is 18.2 Å². The third-order valence-electron chi connectivity index (χ3n) is 3.75. The summed E-state index contributed by atoms with van der Waals surface area (Å²) < 4.78 is 1.80. The summed E-state index contributed by atoms with van der Waals surface area (Å²) in [6, 6.07) is 7.92. The van der Waals surface area contributed by atoms with Gasteiger partial charge in [-0.05, 0) is 25.0 Å². The number of aromatic nitrogens is 3. The van der Waals surface area contributed by atoms with Crippen molar-refractivity contribution in [2.24, 2.45) is 7.05 Å². The van der Waals surface area contributed by atoms with Crippen molar-refractivity contribution in [2.45, 2.75) is 30.3 Å². The highest BCUT2D eigenvalue weighted by Crippen LogP contribution is 2.35. The SMILES string of the molecule is C[C@H](NC(=O)N[C@@H]1CCSc2ccccc21)c1nncn1C. The number of aryl methyl sites for hydroxylation is 1. The lowest BCUT2D eigenvalue weighted by Gasteiger charge is -2.26. The third kappa shape index (κ3) is 3.09. The van der Waals surface area contributed by atoms with Crippen molar-refractivity contribution in [1.82, 2.24) is 25.4 Å². The second kappa shape index (κ2) is 6.39. The first-order valence-electron chi connectivity index (χ1n) is 7.28. The van der Waals surface area contributed by atoms with Crippen LogP contribution in [0, 0.1) is 0 Å². The molecule has 22 heavy (non-hydrogen) atoms. The van der Waals surface area contributed by atoms with E-state index in [2.05, 4.69) is 33.0 Å². The van der Waals surface area contributed by atoms with Gasteiger partial charge in [-0.3, -0.25) is 0 Å². The number of nitrogens with one attached hydrogen (secondary N) is 2. The van der Waals surface area contributed by atoms with Crippen LogP contribution in [0.15, 0.2) is 35.5 Å². The average molecular weight is 317 g/mol. The Labute approximate surface area is 133 Å². The van der Waals surface area contributed by atoms with E-state index in [4.69, 9.17) is 0 Å². The van der Waals surface area contributed by atoms with Crippen LogP contribution in [0.2, 0.25) is 0 Å². The molecule has 2 N–H and O–H groups in total. The molecule has 0 fully saturated rings. The number of carbonyl (C=O) groups excluding carboxylic acids is 1. The quantitative estimate of drug-likeness (QED) is 0.912. The van der Waals surface area contributed by atoms with Gasteiger partial charge in [0.15, 0.2) is 5.82 Å². The predicted molar refractivity (Wildman–Crippen MR) is 85.6 cm³/mol. The fourth-order valence-electron chi connectivity index (χ4n) is 2.64. The number of urea groups is 1. The largest absolute Gasteiger partial charge is 0.331 e. The van der Waals surface area contributed by atoms with E-state index in [1.165, 1.54) is 10.5 Å². The molecule has 0 bridgehead atoms. The molecular weight excluding hydrogens is 298 g/mol. The fraction of sp³-hybridized carbons (Fsp3) is 0.400. The molecule has 2 heterocycles. The number of hydrogen-bond acceptors (Lipinski definition) is 4. The van der Waals surface area contributed by atoms with Gasteiger partial charge < -0.3 is 15.2 Å². The van der Waals surface area contributed by atoms with Crippen LogP contribution < -0.4 is 10.6 Å². The van der Waals surface area contributed by atoms with Crippen LogP contribution in [0.5, 0.6) is 0 Å². The Balaban J connectivity index is 1.64. The number of hydrogen-bond donors (Lipinski definition) is 2. The summed E-state index contributed by atoms with van der Waals surface area (Å²) in [5, 5.41) is 13.8. The number of thioether (sulfide) groups is 1. The van der Waals surface area contributed by atoms with Gasteiger partial charge in [0, 0.05) is 17.7 Å². The van der Waals surface area contributed by atoms with Gasteiger partial charge in [0.25, 0.3) is 0 Å². The minimum absolute atomic E-state index is 0.0594. The van der Waals surface area contributed by atoms with E-state index in [1.807, 2.05) is 37.9 Å². The summed E-state index contributed by atoms with van der Waals surface area (Å²) in [6.07, 6.45) is 2.56. The normalized spacial score (nSPS) is 18.4. The molecule has 0 saturated carbocycles. The number of rotatable bonds is 3. The maximum Gasteiger partial charge on any atom is 0.315 e. The van der Waals surface area contributed by atoms with E-state index in [1.54, 1.807) is 10.9 Å². The van der Waals surface area contributed by atoms with Gasteiger partial charge in [0.1, 0.15) is 6.33 Å².